The number of nitrogens with one attached hydrogen (secondary N) is 1. The second-order valence-corrected chi connectivity index (χ2v) is 9.28. The number of nitrogens with zero attached hydrogens (tertiary/aromatic N) is 2. The van der Waals surface area contributed by atoms with Crippen molar-refractivity contribution in [1.29, 1.82) is 0 Å². The van der Waals surface area contributed by atoms with Crippen molar-refractivity contribution in [1.82, 2.24) is 9.97 Å². The van der Waals surface area contributed by atoms with Crippen LogP contribution < -0.4 is 11.1 Å². The van der Waals surface area contributed by atoms with E-state index in [1.54, 1.807) is 12.3 Å². The van der Waals surface area contributed by atoms with E-state index in [1.807, 2.05) is 0 Å². The van der Waals surface area contributed by atoms with E-state index < -0.39 is 34.6 Å². The summed E-state index contributed by atoms with van der Waals surface area (Å²) in [5, 5.41) is 2.74. The molecule has 1 aliphatic carbocycles. The number of rotatable bonds is 5. The van der Waals surface area contributed by atoms with Gasteiger partial charge in [-0.05, 0) is 74.4 Å². The smallest absolute Gasteiger partial charge is 0.274 e. The molecule has 1 saturated carbocycles. The monoisotopic (exact) mass is 482 g/mol. The van der Waals surface area contributed by atoms with Gasteiger partial charge in [-0.15, -0.1) is 0 Å². The molecule has 3 atom stereocenters. The third-order valence-electron chi connectivity index (χ3n) is 6.49. The predicted molar refractivity (Wildman–Crippen MR) is 124 cm³/mol. The molecule has 182 valence electrons. The first-order chi connectivity index (χ1) is 16.8. The van der Waals surface area contributed by atoms with Gasteiger partial charge in [-0.1, -0.05) is 0 Å². The molecule has 35 heavy (non-hydrogen) atoms. The van der Waals surface area contributed by atoms with Crippen molar-refractivity contribution in [2.45, 2.75) is 50.9 Å². The van der Waals surface area contributed by atoms with Crippen LogP contribution in [0, 0.1) is 30.3 Å². The molecule has 0 radical (unpaired) electrons. The zero-order valence-corrected chi connectivity index (χ0v) is 19.1. The van der Waals surface area contributed by atoms with Crippen LogP contribution in [0.1, 0.15) is 53.4 Å². The van der Waals surface area contributed by atoms with E-state index in [0.717, 1.165) is 49.1 Å². The van der Waals surface area contributed by atoms with Gasteiger partial charge in [-0.2, -0.15) is 0 Å². The quantitative estimate of drug-likeness (QED) is 0.529. The maximum absolute atomic E-state index is 14.5. The second-order valence-electron chi connectivity index (χ2n) is 9.28. The first kappa shape index (κ1) is 23.4. The first-order valence-corrected chi connectivity index (χ1v) is 11.6. The summed E-state index contributed by atoms with van der Waals surface area (Å²) >= 11 is 0. The van der Waals surface area contributed by atoms with Crippen molar-refractivity contribution in [2.24, 2.45) is 11.7 Å². The highest BCUT2D eigenvalue weighted by molar-refractivity contribution is 6.03. The summed E-state index contributed by atoms with van der Waals surface area (Å²) in [6, 6.07) is 6.03. The van der Waals surface area contributed by atoms with Crippen LogP contribution >= 0.6 is 0 Å². The molecule has 5 rings (SSSR count). The van der Waals surface area contributed by atoms with Gasteiger partial charge in [0.05, 0.1) is 29.7 Å². The molecule has 1 amide bonds. The van der Waals surface area contributed by atoms with Crippen molar-refractivity contribution in [3.05, 3.63) is 77.0 Å². The third kappa shape index (κ3) is 4.92. The number of halogens is 3. The number of amides is 1. The zero-order chi connectivity index (χ0) is 24.7. The van der Waals surface area contributed by atoms with Crippen LogP contribution in [0.25, 0.3) is 11.3 Å². The molecule has 6 nitrogen and oxygen atoms in total. The Morgan fingerprint density at radius 3 is 2.54 bits per heavy atom. The highest BCUT2D eigenvalue weighted by atomic mass is 19.1. The normalized spacial score (nSPS) is 22.1. The summed E-state index contributed by atoms with van der Waals surface area (Å²) in [5.41, 5.74) is 6.37. The molecular weight excluding hydrogens is 457 g/mol. The third-order valence-corrected chi connectivity index (χ3v) is 6.49. The Labute approximate surface area is 200 Å². The van der Waals surface area contributed by atoms with Gasteiger partial charge in [0.2, 0.25) is 0 Å². The largest absolute Gasteiger partial charge is 0.370 e. The average Bonchev–Trinajstić information content (AvgIpc) is 3.65. The van der Waals surface area contributed by atoms with Crippen LogP contribution in [0.2, 0.25) is 0 Å². The van der Waals surface area contributed by atoms with E-state index in [-0.39, 0.29) is 23.9 Å². The molecule has 1 aliphatic heterocycles. The Kier molecular flexibility index (Phi) is 6.29. The van der Waals surface area contributed by atoms with Gasteiger partial charge in [0.25, 0.3) is 5.91 Å². The Balaban J connectivity index is 1.42. The van der Waals surface area contributed by atoms with Gasteiger partial charge >= 0.3 is 0 Å². The van der Waals surface area contributed by atoms with Crippen LogP contribution in [0.4, 0.5) is 18.9 Å². The molecule has 2 aromatic heterocycles. The van der Waals surface area contributed by atoms with Gasteiger partial charge in [0.15, 0.2) is 0 Å². The maximum Gasteiger partial charge on any atom is 0.274 e. The lowest BCUT2D eigenvalue weighted by Crippen LogP contribution is -2.37. The Morgan fingerprint density at radius 1 is 1.09 bits per heavy atom. The molecule has 9 heteroatoms. The first-order valence-electron chi connectivity index (χ1n) is 11.6. The standard InChI is InChI=1S/C26H25F3N4O2/c1-13-8-18(28)24(19(29)9-13)25-17(27)4-5-20(32-25)26(34)33-21-12-31-7-6-16(21)23-11-15(30)10-22(35-23)14-2-3-14/h4-9,12,14-15,22-23H,2-3,10-11,30H2,1H3,(H,33,34). The van der Waals surface area contributed by atoms with Crippen LogP contribution in [-0.2, 0) is 4.74 Å². The number of carbonyl (C=O) groups is 1. The van der Waals surface area contributed by atoms with Crippen LogP contribution in [0.3, 0.4) is 0 Å². The zero-order valence-electron chi connectivity index (χ0n) is 19.1. The minimum absolute atomic E-state index is 0.0170. The van der Waals surface area contributed by atoms with E-state index in [2.05, 4.69) is 15.3 Å². The highest BCUT2D eigenvalue weighted by Gasteiger charge is 2.39. The number of carbonyl (C=O) groups excluding carboxylic acids is 1. The molecule has 1 saturated heterocycles. The Morgan fingerprint density at radius 2 is 1.83 bits per heavy atom. The number of aryl methyl sites for hydroxylation is 1. The number of pyridine rings is 2. The van der Waals surface area contributed by atoms with E-state index in [1.165, 1.54) is 13.1 Å². The lowest BCUT2D eigenvalue weighted by molar-refractivity contribution is -0.0682. The lowest BCUT2D eigenvalue weighted by Gasteiger charge is -2.35. The van der Waals surface area contributed by atoms with E-state index in [4.69, 9.17) is 10.5 Å². The number of hydrogen-bond acceptors (Lipinski definition) is 5. The molecule has 3 heterocycles. The molecule has 2 fully saturated rings. The number of hydrogen-bond donors (Lipinski definition) is 2. The number of ether oxygens (including phenoxy) is 1. The molecular formula is C26H25F3N4O2. The van der Waals surface area contributed by atoms with Crippen LogP contribution in [0.15, 0.2) is 42.7 Å². The van der Waals surface area contributed by atoms with Crippen molar-refractivity contribution >= 4 is 11.6 Å². The highest BCUT2D eigenvalue weighted by Crippen LogP contribution is 2.43. The summed E-state index contributed by atoms with van der Waals surface area (Å²) in [6.07, 6.45) is 6.54. The summed E-state index contributed by atoms with van der Waals surface area (Å²) < 4.78 is 49.7. The molecule has 3 aromatic rings. The topological polar surface area (TPSA) is 90.1 Å². The van der Waals surface area contributed by atoms with Crippen LogP contribution in [-0.4, -0.2) is 28.0 Å². The van der Waals surface area contributed by atoms with Gasteiger partial charge in [-0.3, -0.25) is 9.78 Å². The van der Waals surface area contributed by atoms with E-state index in [0.29, 0.717) is 23.6 Å². The fourth-order valence-electron chi connectivity index (χ4n) is 4.61. The Hall–Kier alpha value is -3.30. The van der Waals surface area contributed by atoms with Gasteiger partial charge in [0, 0.05) is 17.8 Å². The second kappa shape index (κ2) is 9.39. The fraction of sp³-hybridized carbons (Fsp3) is 0.346. The molecule has 0 spiro atoms. The molecule has 1 aromatic carbocycles. The minimum atomic E-state index is -0.961. The number of benzene rings is 1. The number of anilines is 1. The summed E-state index contributed by atoms with van der Waals surface area (Å²) in [4.78, 5) is 21.1. The van der Waals surface area contributed by atoms with Gasteiger partial charge < -0.3 is 15.8 Å². The maximum atomic E-state index is 14.5. The van der Waals surface area contributed by atoms with E-state index >= 15 is 0 Å². The van der Waals surface area contributed by atoms with Gasteiger partial charge in [0.1, 0.15) is 28.8 Å². The predicted octanol–water partition coefficient (Wildman–Crippen LogP) is 5.08. The minimum Gasteiger partial charge on any atom is -0.370 e. The summed E-state index contributed by atoms with van der Waals surface area (Å²) in [7, 11) is 0. The van der Waals surface area contributed by atoms with Crippen LogP contribution in [0.5, 0.6) is 0 Å². The molecule has 0 bridgehead atoms. The van der Waals surface area contributed by atoms with Crippen molar-refractivity contribution < 1.29 is 22.7 Å². The van der Waals surface area contributed by atoms with Crippen molar-refractivity contribution in [3.8, 4) is 11.3 Å². The molecule has 3 N–H and O–H groups in total. The Bertz CT molecular complexity index is 1260. The molecule has 2 aliphatic rings. The SMILES string of the molecule is Cc1cc(F)c(-c2nc(C(=O)Nc3cnccc3C3CC(N)CC(C4CC4)O3)ccc2F)c(F)c1. The van der Waals surface area contributed by atoms with Crippen molar-refractivity contribution in [3.63, 3.8) is 0 Å². The average molecular weight is 483 g/mol. The fourth-order valence-corrected chi connectivity index (χ4v) is 4.61. The summed E-state index contributed by atoms with van der Waals surface area (Å²) in [5.74, 6) is -3.02. The number of aromatic nitrogens is 2. The number of nitrogens with two attached hydrogens (primary N) is 1. The lowest BCUT2D eigenvalue weighted by atomic mass is 9.92. The van der Waals surface area contributed by atoms with Crippen molar-refractivity contribution in [2.75, 3.05) is 5.32 Å². The summed E-state index contributed by atoms with van der Waals surface area (Å²) in [6.45, 7) is 1.52. The van der Waals surface area contributed by atoms with E-state index in [9.17, 15) is 18.0 Å². The molecule has 3 unspecified atom stereocenters. The van der Waals surface area contributed by atoms with Gasteiger partial charge in [-0.25, -0.2) is 18.2 Å².